The highest BCUT2D eigenvalue weighted by Gasteiger charge is 2.24. The van der Waals surface area contributed by atoms with E-state index < -0.39 is 0 Å². The van der Waals surface area contributed by atoms with Gasteiger partial charge in [-0.15, -0.1) is 0 Å². The fraction of sp³-hybridized carbons (Fsp3) is 0.857. The summed E-state index contributed by atoms with van der Waals surface area (Å²) in [5.74, 6) is -0.298. The number of ether oxygens (including phenoxy) is 1. The number of nitrogens with two attached hydrogens (primary N) is 2. The van der Waals surface area contributed by atoms with Gasteiger partial charge in [0.25, 0.3) is 0 Å². The standard InChI is InChI=1S/C7H14N2O2/c8-4-6-2-1-5(11-6)3-7(9)10/h5-6H,1-4,8H2,(H2,9,10). The molecule has 1 amide bonds. The van der Waals surface area contributed by atoms with E-state index in [0.29, 0.717) is 13.0 Å². The lowest BCUT2D eigenvalue weighted by Crippen LogP contribution is -2.23. The Morgan fingerprint density at radius 1 is 1.45 bits per heavy atom. The molecule has 0 aromatic rings. The molecule has 64 valence electrons. The van der Waals surface area contributed by atoms with E-state index in [9.17, 15) is 4.79 Å². The zero-order chi connectivity index (χ0) is 8.27. The van der Waals surface area contributed by atoms with Gasteiger partial charge < -0.3 is 16.2 Å². The number of amides is 1. The summed E-state index contributed by atoms with van der Waals surface area (Å²) in [6.07, 6.45) is 2.34. The van der Waals surface area contributed by atoms with Crippen LogP contribution in [-0.4, -0.2) is 24.7 Å². The van der Waals surface area contributed by atoms with E-state index in [0.717, 1.165) is 12.8 Å². The third kappa shape index (κ3) is 2.48. The van der Waals surface area contributed by atoms with E-state index in [4.69, 9.17) is 16.2 Å². The molecule has 0 aliphatic carbocycles. The molecule has 1 aliphatic heterocycles. The Bertz CT molecular complexity index is 149. The molecule has 0 spiro atoms. The number of hydrogen-bond acceptors (Lipinski definition) is 3. The first-order chi connectivity index (χ1) is 5.22. The van der Waals surface area contributed by atoms with E-state index in [1.807, 2.05) is 0 Å². The Hall–Kier alpha value is -0.610. The maximum atomic E-state index is 10.5. The predicted molar refractivity (Wildman–Crippen MR) is 40.8 cm³/mol. The summed E-state index contributed by atoms with van der Waals surface area (Å²) in [5.41, 5.74) is 10.4. The average Bonchev–Trinajstić information content (AvgIpc) is 2.34. The van der Waals surface area contributed by atoms with Gasteiger partial charge in [0.05, 0.1) is 18.6 Å². The van der Waals surface area contributed by atoms with Crippen molar-refractivity contribution in [2.75, 3.05) is 6.54 Å². The van der Waals surface area contributed by atoms with Crippen molar-refractivity contribution < 1.29 is 9.53 Å². The van der Waals surface area contributed by atoms with Crippen LogP contribution >= 0.6 is 0 Å². The van der Waals surface area contributed by atoms with Crippen molar-refractivity contribution in [3.63, 3.8) is 0 Å². The Morgan fingerprint density at radius 2 is 2.09 bits per heavy atom. The first-order valence-corrected chi connectivity index (χ1v) is 3.86. The van der Waals surface area contributed by atoms with E-state index in [-0.39, 0.29) is 18.1 Å². The third-order valence-electron chi connectivity index (χ3n) is 1.89. The van der Waals surface area contributed by atoms with Crippen LogP contribution in [0.2, 0.25) is 0 Å². The minimum Gasteiger partial charge on any atom is -0.373 e. The molecule has 4 N–H and O–H groups in total. The monoisotopic (exact) mass is 158 g/mol. The summed E-state index contributed by atoms with van der Waals surface area (Å²) in [7, 11) is 0. The molecule has 11 heavy (non-hydrogen) atoms. The van der Waals surface area contributed by atoms with E-state index >= 15 is 0 Å². The van der Waals surface area contributed by atoms with Crippen LogP contribution in [0.1, 0.15) is 19.3 Å². The molecule has 0 radical (unpaired) electrons. The first-order valence-electron chi connectivity index (χ1n) is 3.86. The summed E-state index contributed by atoms with van der Waals surface area (Å²) in [5, 5.41) is 0. The van der Waals surface area contributed by atoms with Crippen molar-refractivity contribution in [1.82, 2.24) is 0 Å². The fourth-order valence-electron chi connectivity index (χ4n) is 1.33. The number of carbonyl (C=O) groups is 1. The second kappa shape index (κ2) is 3.69. The van der Waals surface area contributed by atoms with Gasteiger partial charge in [-0.1, -0.05) is 0 Å². The highest BCUT2D eigenvalue weighted by atomic mass is 16.5. The van der Waals surface area contributed by atoms with Gasteiger partial charge in [0.1, 0.15) is 0 Å². The lowest BCUT2D eigenvalue weighted by molar-refractivity contribution is -0.120. The summed E-state index contributed by atoms with van der Waals surface area (Å²) in [4.78, 5) is 10.5. The smallest absolute Gasteiger partial charge is 0.220 e. The molecule has 4 nitrogen and oxygen atoms in total. The van der Waals surface area contributed by atoms with Crippen LogP contribution in [0.4, 0.5) is 0 Å². The minimum atomic E-state index is -0.298. The van der Waals surface area contributed by atoms with Crippen LogP contribution in [0.5, 0.6) is 0 Å². The molecular weight excluding hydrogens is 144 g/mol. The molecule has 1 aliphatic rings. The molecular formula is C7H14N2O2. The number of rotatable bonds is 3. The van der Waals surface area contributed by atoms with Crippen molar-refractivity contribution in [3.05, 3.63) is 0 Å². The first kappa shape index (κ1) is 8.49. The van der Waals surface area contributed by atoms with E-state index in [1.54, 1.807) is 0 Å². The third-order valence-corrected chi connectivity index (χ3v) is 1.89. The highest BCUT2D eigenvalue weighted by molar-refractivity contribution is 5.74. The Kier molecular flexibility index (Phi) is 2.84. The molecule has 0 aromatic heterocycles. The molecule has 1 rings (SSSR count). The van der Waals surface area contributed by atoms with Crippen LogP contribution in [0.3, 0.4) is 0 Å². The highest BCUT2D eigenvalue weighted by Crippen LogP contribution is 2.20. The van der Waals surface area contributed by atoms with Gasteiger partial charge in [0.2, 0.25) is 5.91 Å². The van der Waals surface area contributed by atoms with Crippen LogP contribution in [0.25, 0.3) is 0 Å². The molecule has 2 unspecified atom stereocenters. The predicted octanol–water partition coefficient (Wildman–Crippen LogP) is -0.632. The number of primary amides is 1. The maximum Gasteiger partial charge on any atom is 0.220 e. The molecule has 2 atom stereocenters. The number of hydrogen-bond donors (Lipinski definition) is 2. The van der Waals surface area contributed by atoms with Gasteiger partial charge in [-0.2, -0.15) is 0 Å². The zero-order valence-corrected chi connectivity index (χ0v) is 6.45. The Labute approximate surface area is 65.9 Å². The molecule has 4 heteroatoms. The molecule has 0 saturated carbocycles. The summed E-state index contributed by atoms with van der Waals surface area (Å²) in [6.45, 7) is 0.537. The Morgan fingerprint density at radius 3 is 2.55 bits per heavy atom. The molecule has 1 fully saturated rings. The topological polar surface area (TPSA) is 78.3 Å². The van der Waals surface area contributed by atoms with Crippen molar-refractivity contribution in [3.8, 4) is 0 Å². The maximum absolute atomic E-state index is 10.5. The minimum absolute atomic E-state index is 0.0149. The summed E-state index contributed by atoms with van der Waals surface area (Å²) in [6, 6.07) is 0. The van der Waals surface area contributed by atoms with Crippen LogP contribution in [0.15, 0.2) is 0 Å². The van der Waals surface area contributed by atoms with Crippen LogP contribution in [-0.2, 0) is 9.53 Å². The van der Waals surface area contributed by atoms with Crippen molar-refractivity contribution in [1.29, 1.82) is 0 Å². The quantitative estimate of drug-likeness (QED) is 0.574. The van der Waals surface area contributed by atoms with Crippen LogP contribution < -0.4 is 11.5 Å². The molecule has 1 saturated heterocycles. The normalized spacial score (nSPS) is 30.6. The zero-order valence-electron chi connectivity index (χ0n) is 6.45. The lowest BCUT2D eigenvalue weighted by atomic mass is 10.1. The summed E-state index contributed by atoms with van der Waals surface area (Å²) >= 11 is 0. The molecule has 0 bridgehead atoms. The fourth-order valence-corrected chi connectivity index (χ4v) is 1.33. The van der Waals surface area contributed by atoms with Gasteiger partial charge in [-0.3, -0.25) is 4.79 Å². The molecule has 0 aromatic carbocycles. The molecule has 1 heterocycles. The van der Waals surface area contributed by atoms with Crippen molar-refractivity contribution in [2.24, 2.45) is 11.5 Å². The van der Waals surface area contributed by atoms with Gasteiger partial charge in [-0.25, -0.2) is 0 Å². The second-order valence-corrected chi connectivity index (χ2v) is 2.86. The Balaban J connectivity index is 2.24. The van der Waals surface area contributed by atoms with E-state index in [2.05, 4.69) is 0 Å². The van der Waals surface area contributed by atoms with Crippen molar-refractivity contribution >= 4 is 5.91 Å². The van der Waals surface area contributed by atoms with E-state index in [1.165, 1.54) is 0 Å². The van der Waals surface area contributed by atoms with Crippen LogP contribution in [0, 0.1) is 0 Å². The van der Waals surface area contributed by atoms with Gasteiger partial charge in [0, 0.05) is 6.54 Å². The van der Waals surface area contributed by atoms with Crippen molar-refractivity contribution in [2.45, 2.75) is 31.5 Å². The average molecular weight is 158 g/mol. The second-order valence-electron chi connectivity index (χ2n) is 2.86. The summed E-state index contributed by atoms with van der Waals surface area (Å²) < 4.78 is 5.40. The van der Waals surface area contributed by atoms with Gasteiger partial charge in [0.15, 0.2) is 0 Å². The number of carbonyl (C=O) groups excluding carboxylic acids is 1. The lowest BCUT2D eigenvalue weighted by Gasteiger charge is -2.09. The SMILES string of the molecule is NCC1CCC(CC(N)=O)O1. The van der Waals surface area contributed by atoms with Gasteiger partial charge >= 0.3 is 0 Å². The van der Waals surface area contributed by atoms with Gasteiger partial charge in [-0.05, 0) is 12.8 Å². The largest absolute Gasteiger partial charge is 0.373 e.